The molecule has 8 nitrogen and oxygen atoms in total. The summed E-state index contributed by atoms with van der Waals surface area (Å²) in [5, 5.41) is 14.0. The highest BCUT2D eigenvalue weighted by atomic mass is 35.5. The van der Waals surface area contributed by atoms with Crippen molar-refractivity contribution in [3.8, 4) is 0 Å². The summed E-state index contributed by atoms with van der Waals surface area (Å²) in [6, 6.07) is 6.03. The van der Waals surface area contributed by atoms with E-state index in [2.05, 4.69) is 23.2 Å². The molecule has 232 valence electrons. The Morgan fingerprint density at radius 3 is 2.55 bits per heavy atom. The van der Waals surface area contributed by atoms with Gasteiger partial charge in [-0.3, -0.25) is 9.80 Å². The normalized spacial score (nSPS) is 18.6. The number of ether oxygens (including phenoxy) is 1. The fraction of sp³-hybridized carbons (Fsp3) is 0.344. The molecule has 3 heterocycles. The lowest BCUT2D eigenvalue weighted by atomic mass is 9.91. The fourth-order valence-electron chi connectivity index (χ4n) is 5.61. The highest BCUT2D eigenvalue weighted by Crippen LogP contribution is 2.39. The third-order valence-corrected chi connectivity index (χ3v) is 8.57. The van der Waals surface area contributed by atoms with Crippen molar-refractivity contribution in [3.05, 3.63) is 94.9 Å². The lowest BCUT2D eigenvalue weighted by molar-refractivity contribution is -0.000983. The van der Waals surface area contributed by atoms with E-state index in [1.165, 1.54) is 21.7 Å². The molecule has 12 heteroatoms. The number of carbonyl (C=O) groups excluding carboxylic acids is 1. The summed E-state index contributed by atoms with van der Waals surface area (Å²) in [6.45, 7) is 8.29. The minimum atomic E-state index is -1.10. The average molecular weight is 629 g/mol. The smallest absolute Gasteiger partial charge is 0.415 e. The predicted molar refractivity (Wildman–Crippen MR) is 162 cm³/mol. The lowest BCUT2D eigenvalue weighted by Gasteiger charge is -2.37. The van der Waals surface area contributed by atoms with Crippen LogP contribution in [0.1, 0.15) is 53.7 Å². The van der Waals surface area contributed by atoms with Gasteiger partial charge in [-0.15, -0.1) is 6.58 Å². The van der Waals surface area contributed by atoms with Gasteiger partial charge in [0.05, 0.1) is 12.1 Å². The molecule has 2 saturated heterocycles. The highest BCUT2D eigenvalue weighted by Gasteiger charge is 2.47. The van der Waals surface area contributed by atoms with Crippen molar-refractivity contribution in [2.75, 3.05) is 31.2 Å². The maximum Gasteiger partial charge on any atom is 0.415 e. The fourth-order valence-corrected chi connectivity index (χ4v) is 5.92. The van der Waals surface area contributed by atoms with Crippen LogP contribution in [0.25, 0.3) is 11.3 Å². The number of rotatable bonds is 10. The molecule has 1 N–H and O–H groups in total. The van der Waals surface area contributed by atoms with Crippen LogP contribution in [0.15, 0.2) is 72.9 Å². The number of anilines is 1. The Kier molecular flexibility index (Phi) is 9.17. The summed E-state index contributed by atoms with van der Waals surface area (Å²) >= 11 is 6.83. The van der Waals surface area contributed by atoms with Crippen molar-refractivity contribution >= 4 is 40.6 Å². The number of aromatic nitrogens is 2. The predicted octanol–water partition coefficient (Wildman–Crippen LogP) is 7.50. The third kappa shape index (κ3) is 6.25. The van der Waals surface area contributed by atoms with E-state index in [1.807, 2.05) is 0 Å². The van der Waals surface area contributed by atoms with Crippen LogP contribution in [0.3, 0.4) is 0 Å². The Hall–Kier alpha value is -4.09. The number of allylic oxidation sites excluding steroid dienone is 8. The molecule has 2 aliphatic heterocycles. The average Bonchev–Trinajstić information content (AvgIpc) is 3.46. The summed E-state index contributed by atoms with van der Waals surface area (Å²) in [7, 11) is 0. The number of halogens is 4. The number of aromatic carboxylic acids is 1. The second-order valence-electron chi connectivity index (χ2n) is 11.1. The molecule has 1 aromatic carbocycles. The first-order valence-corrected chi connectivity index (χ1v) is 14.6. The molecule has 0 unspecified atom stereocenters. The van der Waals surface area contributed by atoms with Gasteiger partial charge in [-0.1, -0.05) is 24.3 Å². The quantitative estimate of drug-likeness (QED) is 0.274. The first kappa shape index (κ1) is 31.3. The molecular weight excluding hydrogens is 597 g/mol. The van der Waals surface area contributed by atoms with E-state index < -0.39 is 36.0 Å². The number of carboxylic acid groups (broad SMARTS) is 1. The van der Waals surface area contributed by atoms with Gasteiger partial charge in [-0.2, -0.15) is 5.10 Å². The van der Waals surface area contributed by atoms with Crippen LogP contribution in [-0.4, -0.2) is 63.8 Å². The van der Waals surface area contributed by atoms with Crippen LogP contribution >= 0.6 is 11.6 Å². The number of carboxylic acids is 1. The zero-order valence-electron chi connectivity index (χ0n) is 24.0. The second-order valence-corrected chi connectivity index (χ2v) is 11.4. The first-order chi connectivity index (χ1) is 21.1. The number of carbonyl (C=O) groups is 2. The summed E-state index contributed by atoms with van der Waals surface area (Å²) in [6.07, 6.45) is 5.20. The largest absolute Gasteiger partial charge is 0.478 e. The minimum absolute atomic E-state index is 0.0553. The van der Waals surface area contributed by atoms with E-state index in [4.69, 9.17) is 21.4 Å². The monoisotopic (exact) mass is 628 g/mol. The number of benzene rings is 1. The Bertz CT molecular complexity index is 1590. The van der Waals surface area contributed by atoms with Gasteiger partial charge in [0, 0.05) is 67.0 Å². The summed E-state index contributed by atoms with van der Waals surface area (Å²) in [4.78, 5) is 27.6. The van der Waals surface area contributed by atoms with E-state index in [0.29, 0.717) is 62.3 Å². The number of hydrogen-bond donors (Lipinski definition) is 1. The molecule has 0 radical (unpaired) electrons. The minimum Gasteiger partial charge on any atom is -0.478 e. The molecule has 2 aromatic rings. The zero-order valence-corrected chi connectivity index (χ0v) is 24.8. The lowest BCUT2D eigenvalue weighted by Crippen LogP contribution is -2.46. The van der Waals surface area contributed by atoms with Crippen molar-refractivity contribution in [2.45, 2.75) is 44.2 Å². The van der Waals surface area contributed by atoms with Gasteiger partial charge in [0.2, 0.25) is 0 Å². The molecule has 0 bridgehead atoms. The van der Waals surface area contributed by atoms with Gasteiger partial charge < -0.3 is 9.84 Å². The standard InChI is InChI=1S/C32H32ClF3N4O4/c1-3-4-5-20(2)40-29(33)25(28(37-40)24-16-22(17-34)26(35)10-11-27(24)36)18-38-14-12-32(13-15-38)19-39(31(43)44-32)23-8-6-21(7-9-23)30(41)42/h3,6-9,11,16H,1-2,4-5,10,12-15,17-19H2,(H,41,42). The number of amides is 1. The summed E-state index contributed by atoms with van der Waals surface area (Å²) < 4.78 is 50.7. The second kappa shape index (κ2) is 12.9. The van der Waals surface area contributed by atoms with Crippen molar-refractivity contribution in [1.82, 2.24) is 14.7 Å². The van der Waals surface area contributed by atoms with Crippen LogP contribution in [-0.2, 0) is 11.3 Å². The molecule has 1 amide bonds. The van der Waals surface area contributed by atoms with E-state index in [0.717, 1.165) is 12.2 Å². The number of alkyl halides is 1. The van der Waals surface area contributed by atoms with Crippen molar-refractivity contribution in [2.24, 2.45) is 0 Å². The number of piperidine rings is 1. The molecule has 1 aliphatic carbocycles. The van der Waals surface area contributed by atoms with Gasteiger partial charge in [-0.25, -0.2) is 27.4 Å². The highest BCUT2D eigenvalue weighted by molar-refractivity contribution is 6.31. The van der Waals surface area contributed by atoms with Gasteiger partial charge in [0.1, 0.15) is 34.8 Å². The molecule has 44 heavy (non-hydrogen) atoms. The molecule has 5 rings (SSSR count). The number of likely N-dealkylation sites (tertiary alicyclic amines) is 1. The zero-order chi connectivity index (χ0) is 31.6. The molecule has 0 atom stereocenters. The van der Waals surface area contributed by atoms with Crippen LogP contribution < -0.4 is 4.90 Å². The number of nitrogens with zero attached hydrogens (tertiary/aromatic N) is 4. The number of hydrogen-bond acceptors (Lipinski definition) is 5. The van der Waals surface area contributed by atoms with Crippen LogP contribution in [0.4, 0.5) is 23.7 Å². The van der Waals surface area contributed by atoms with E-state index in [1.54, 1.807) is 18.2 Å². The van der Waals surface area contributed by atoms with Crippen LogP contribution in [0.2, 0.25) is 5.15 Å². The maximum atomic E-state index is 15.3. The van der Waals surface area contributed by atoms with Crippen LogP contribution in [0, 0.1) is 0 Å². The molecule has 2 fully saturated rings. The molecule has 1 spiro atoms. The topological polar surface area (TPSA) is 87.9 Å². The molecule has 3 aliphatic rings. The van der Waals surface area contributed by atoms with Gasteiger partial charge >= 0.3 is 12.1 Å². The first-order valence-electron chi connectivity index (χ1n) is 14.2. The Morgan fingerprint density at radius 2 is 1.91 bits per heavy atom. The van der Waals surface area contributed by atoms with E-state index >= 15 is 4.39 Å². The molecular formula is C32H32ClF3N4O4. The van der Waals surface area contributed by atoms with Gasteiger partial charge in [0.15, 0.2) is 0 Å². The van der Waals surface area contributed by atoms with E-state index in [9.17, 15) is 18.4 Å². The van der Waals surface area contributed by atoms with Crippen molar-refractivity contribution in [3.63, 3.8) is 0 Å². The SMILES string of the molecule is C=CCCC(=C)n1nc(C2=CC(CF)=C(F)CC=C2F)c(CN2CCC3(CC2)CN(c2ccc(C(=O)O)cc2)C(=O)O3)c1Cl. The van der Waals surface area contributed by atoms with Crippen molar-refractivity contribution < 1.29 is 32.6 Å². The van der Waals surface area contributed by atoms with Crippen LogP contribution in [0.5, 0.6) is 0 Å². The Labute approximate surface area is 258 Å². The third-order valence-electron chi connectivity index (χ3n) is 8.19. The van der Waals surface area contributed by atoms with Gasteiger partial charge in [0.25, 0.3) is 0 Å². The van der Waals surface area contributed by atoms with Crippen molar-refractivity contribution in [1.29, 1.82) is 0 Å². The maximum absolute atomic E-state index is 15.3. The Morgan fingerprint density at radius 1 is 1.20 bits per heavy atom. The van der Waals surface area contributed by atoms with E-state index in [-0.39, 0.29) is 40.5 Å². The molecule has 1 aromatic heterocycles. The molecule has 0 saturated carbocycles. The Balaban J connectivity index is 1.37. The summed E-state index contributed by atoms with van der Waals surface area (Å²) in [5.74, 6) is -2.53. The van der Waals surface area contributed by atoms with Gasteiger partial charge in [-0.05, 0) is 49.3 Å². The summed E-state index contributed by atoms with van der Waals surface area (Å²) in [5.41, 5.74) is 0.841.